The van der Waals surface area contributed by atoms with Crippen LogP contribution in [-0.4, -0.2) is 52.1 Å². The molecule has 0 saturated carbocycles. The number of benzene rings is 1. The number of phenolic OH excluding ortho intramolecular Hbond substituents is 1. The predicted molar refractivity (Wildman–Crippen MR) is 120 cm³/mol. The first-order valence-corrected chi connectivity index (χ1v) is 10.7. The number of nitrogens with one attached hydrogen (secondary N) is 2. The van der Waals surface area contributed by atoms with Crippen LogP contribution in [-0.2, 0) is 14.3 Å². The zero-order valence-corrected chi connectivity index (χ0v) is 19.7. The fourth-order valence-electron chi connectivity index (χ4n) is 3.21. The molecule has 1 aromatic rings. The molecule has 0 fully saturated rings. The van der Waals surface area contributed by atoms with Crippen molar-refractivity contribution in [1.29, 1.82) is 0 Å². The standard InChI is InChI=1S/C23H37N3O5/c1-8-9-16(4)25-21(29)20(17-10-12-18(27)13-11-17)26(15(2)3)19(28)14-24-22(30)31-23(5,6)7/h10-13,15-16,20,27H,8-9,14H2,1-7H3,(H,24,30)(H,25,29). The molecule has 2 unspecified atom stereocenters. The van der Waals surface area contributed by atoms with Gasteiger partial charge in [0, 0.05) is 12.1 Å². The van der Waals surface area contributed by atoms with Crippen LogP contribution < -0.4 is 10.6 Å². The average Bonchev–Trinajstić information content (AvgIpc) is 2.63. The summed E-state index contributed by atoms with van der Waals surface area (Å²) >= 11 is 0. The van der Waals surface area contributed by atoms with Crippen LogP contribution in [0.25, 0.3) is 0 Å². The van der Waals surface area contributed by atoms with Crippen molar-refractivity contribution in [2.24, 2.45) is 0 Å². The third kappa shape index (κ3) is 8.86. The lowest BCUT2D eigenvalue weighted by molar-refractivity contribution is -0.142. The van der Waals surface area contributed by atoms with Crippen LogP contribution in [0.5, 0.6) is 5.75 Å². The van der Waals surface area contributed by atoms with Crippen molar-refractivity contribution >= 4 is 17.9 Å². The minimum atomic E-state index is -0.909. The fraction of sp³-hybridized carbons (Fsp3) is 0.609. The molecule has 8 nitrogen and oxygen atoms in total. The van der Waals surface area contributed by atoms with Crippen LogP contribution in [0.1, 0.15) is 72.9 Å². The van der Waals surface area contributed by atoms with E-state index >= 15 is 0 Å². The fourth-order valence-corrected chi connectivity index (χ4v) is 3.21. The maximum Gasteiger partial charge on any atom is 0.408 e. The van der Waals surface area contributed by atoms with Gasteiger partial charge in [-0.05, 0) is 65.7 Å². The maximum absolute atomic E-state index is 13.2. The first kappa shape index (κ1) is 26.3. The number of hydrogen-bond acceptors (Lipinski definition) is 5. The van der Waals surface area contributed by atoms with Gasteiger partial charge < -0.3 is 25.4 Å². The highest BCUT2D eigenvalue weighted by Crippen LogP contribution is 2.26. The van der Waals surface area contributed by atoms with Crippen molar-refractivity contribution in [3.63, 3.8) is 0 Å². The molecule has 0 radical (unpaired) electrons. The van der Waals surface area contributed by atoms with Crippen LogP contribution in [0.4, 0.5) is 4.79 Å². The highest BCUT2D eigenvalue weighted by molar-refractivity contribution is 5.90. The van der Waals surface area contributed by atoms with E-state index in [1.165, 1.54) is 17.0 Å². The molecule has 0 heterocycles. The van der Waals surface area contributed by atoms with E-state index in [0.29, 0.717) is 5.56 Å². The van der Waals surface area contributed by atoms with Gasteiger partial charge in [-0.15, -0.1) is 0 Å². The summed E-state index contributed by atoms with van der Waals surface area (Å²) in [6.07, 6.45) is 1.02. The van der Waals surface area contributed by atoms with Crippen molar-refractivity contribution in [3.05, 3.63) is 29.8 Å². The van der Waals surface area contributed by atoms with Crippen LogP contribution in [0.3, 0.4) is 0 Å². The Morgan fingerprint density at radius 2 is 1.68 bits per heavy atom. The van der Waals surface area contributed by atoms with Crippen LogP contribution in [0, 0.1) is 0 Å². The Balaban J connectivity index is 3.14. The molecule has 0 aliphatic heterocycles. The summed E-state index contributed by atoms with van der Waals surface area (Å²) in [5, 5.41) is 15.1. The molecule has 174 valence electrons. The van der Waals surface area contributed by atoms with Crippen molar-refractivity contribution in [2.45, 2.75) is 85.0 Å². The zero-order chi connectivity index (χ0) is 23.8. The molecule has 1 aromatic carbocycles. The quantitative estimate of drug-likeness (QED) is 0.550. The summed E-state index contributed by atoms with van der Waals surface area (Å²) in [5.74, 6) is -0.667. The third-order valence-corrected chi connectivity index (χ3v) is 4.47. The van der Waals surface area contributed by atoms with Crippen LogP contribution >= 0.6 is 0 Å². The van der Waals surface area contributed by atoms with E-state index in [0.717, 1.165) is 12.8 Å². The highest BCUT2D eigenvalue weighted by Gasteiger charge is 2.34. The molecule has 0 spiro atoms. The smallest absolute Gasteiger partial charge is 0.408 e. The Hall–Kier alpha value is -2.77. The van der Waals surface area contributed by atoms with Gasteiger partial charge in [0.05, 0.1) is 0 Å². The summed E-state index contributed by atoms with van der Waals surface area (Å²) in [4.78, 5) is 39.7. The summed E-state index contributed by atoms with van der Waals surface area (Å²) in [6.45, 7) is 12.5. The SMILES string of the molecule is CCCC(C)NC(=O)C(c1ccc(O)cc1)N(C(=O)CNC(=O)OC(C)(C)C)C(C)C. The number of rotatable bonds is 9. The van der Waals surface area contributed by atoms with E-state index in [4.69, 9.17) is 4.74 Å². The van der Waals surface area contributed by atoms with Crippen LogP contribution in [0.15, 0.2) is 24.3 Å². The summed E-state index contributed by atoms with van der Waals surface area (Å²) in [5.41, 5.74) is -0.118. The Labute approximate surface area is 185 Å². The Kier molecular flexibility index (Phi) is 9.81. The Bertz CT molecular complexity index is 741. The molecular formula is C23H37N3O5. The Morgan fingerprint density at radius 1 is 1.10 bits per heavy atom. The number of ether oxygens (including phenoxy) is 1. The van der Waals surface area contributed by atoms with Crippen molar-refractivity contribution in [2.75, 3.05) is 6.54 Å². The number of nitrogens with zero attached hydrogens (tertiary/aromatic N) is 1. The number of hydrogen-bond donors (Lipinski definition) is 3. The first-order valence-electron chi connectivity index (χ1n) is 10.7. The topological polar surface area (TPSA) is 108 Å². The summed E-state index contributed by atoms with van der Waals surface area (Å²) in [7, 11) is 0. The molecule has 31 heavy (non-hydrogen) atoms. The lowest BCUT2D eigenvalue weighted by atomic mass is 10.0. The van der Waals surface area contributed by atoms with Crippen LogP contribution in [0.2, 0.25) is 0 Å². The Morgan fingerprint density at radius 3 is 2.16 bits per heavy atom. The van der Waals surface area contributed by atoms with Gasteiger partial charge in [-0.25, -0.2) is 4.79 Å². The van der Waals surface area contributed by atoms with Gasteiger partial charge in [0.15, 0.2) is 0 Å². The number of phenols is 1. The van der Waals surface area contributed by atoms with Gasteiger partial charge in [-0.3, -0.25) is 9.59 Å². The largest absolute Gasteiger partial charge is 0.508 e. The van der Waals surface area contributed by atoms with Gasteiger partial charge in [0.1, 0.15) is 23.9 Å². The van der Waals surface area contributed by atoms with Crippen molar-refractivity contribution in [3.8, 4) is 5.75 Å². The van der Waals surface area contributed by atoms with E-state index in [1.807, 2.05) is 27.7 Å². The lowest BCUT2D eigenvalue weighted by Gasteiger charge is -2.35. The second-order valence-electron chi connectivity index (χ2n) is 8.94. The summed E-state index contributed by atoms with van der Waals surface area (Å²) in [6, 6.07) is 4.91. The normalized spacial score (nSPS) is 13.3. The molecule has 8 heteroatoms. The van der Waals surface area contributed by atoms with Gasteiger partial charge >= 0.3 is 6.09 Å². The van der Waals surface area contributed by atoms with E-state index in [-0.39, 0.29) is 30.3 Å². The van der Waals surface area contributed by atoms with Gasteiger partial charge in [0.25, 0.3) is 0 Å². The first-order chi connectivity index (χ1) is 14.4. The highest BCUT2D eigenvalue weighted by atomic mass is 16.6. The number of carbonyl (C=O) groups is 3. The van der Waals surface area contributed by atoms with Crippen molar-refractivity contribution < 1.29 is 24.2 Å². The lowest BCUT2D eigenvalue weighted by Crippen LogP contribution is -2.51. The monoisotopic (exact) mass is 435 g/mol. The number of amides is 3. The second-order valence-corrected chi connectivity index (χ2v) is 8.94. The van der Waals surface area contributed by atoms with Gasteiger partial charge in [-0.2, -0.15) is 0 Å². The van der Waals surface area contributed by atoms with E-state index < -0.39 is 23.6 Å². The number of aromatic hydroxyl groups is 1. The molecule has 0 saturated heterocycles. The molecule has 0 aromatic heterocycles. The molecule has 3 N–H and O–H groups in total. The molecule has 0 aliphatic rings. The summed E-state index contributed by atoms with van der Waals surface area (Å²) < 4.78 is 5.19. The van der Waals surface area contributed by atoms with E-state index in [2.05, 4.69) is 10.6 Å². The van der Waals surface area contributed by atoms with Gasteiger partial charge in [-0.1, -0.05) is 25.5 Å². The molecule has 0 bridgehead atoms. The third-order valence-electron chi connectivity index (χ3n) is 4.47. The minimum Gasteiger partial charge on any atom is -0.508 e. The average molecular weight is 436 g/mol. The predicted octanol–water partition coefficient (Wildman–Crippen LogP) is 3.50. The van der Waals surface area contributed by atoms with Gasteiger partial charge in [0.2, 0.25) is 11.8 Å². The van der Waals surface area contributed by atoms with Crippen molar-refractivity contribution in [1.82, 2.24) is 15.5 Å². The number of alkyl carbamates (subject to hydrolysis) is 1. The maximum atomic E-state index is 13.2. The molecular weight excluding hydrogens is 398 g/mol. The molecule has 2 atom stereocenters. The van der Waals surface area contributed by atoms with E-state index in [9.17, 15) is 19.5 Å². The van der Waals surface area contributed by atoms with E-state index in [1.54, 1.807) is 32.9 Å². The molecule has 1 rings (SSSR count). The minimum absolute atomic E-state index is 0.0545. The zero-order valence-electron chi connectivity index (χ0n) is 19.7. The second kappa shape index (κ2) is 11.6. The molecule has 0 aliphatic carbocycles. The number of carbonyl (C=O) groups excluding carboxylic acids is 3. The molecule has 3 amide bonds.